The van der Waals surface area contributed by atoms with Crippen molar-refractivity contribution in [3.05, 3.63) is 0 Å². The average molecular weight is 265 g/mol. The third-order valence-electron chi connectivity index (χ3n) is 5.63. The lowest BCUT2D eigenvalue weighted by molar-refractivity contribution is -0.141. The maximum atomic E-state index is 11.4. The molecule has 4 aliphatic rings. The molecule has 0 spiro atoms. The van der Waals surface area contributed by atoms with E-state index in [0.29, 0.717) is 12.0 Å². The molecule has 0 aromatic rings. The van der Waals surface area contributed by atoms with Crippen LogP contribution in [0.3, 0.4) is 0 Å². The number of aliphatic carboxylic acids is 1. The van der Waals surface area contributed by atoms with Gasteiger partial charge in [-0.1, -0.05) is 13.8 Å². The molecule has 2 N–H and O–H groups in total. The predicted molar refractivity (Wildman–Crippen MR) is 74.8 cm³/mol. The molecule has 0 radical (unpaired) electrons. The summed E-state index contributed by atoms with van der Waals surface area (Å²) >= 11 is 0. The fourth-order valence-corrected chi connectivity index (χ4v) is 5.14. The van der Waals surface area contributed by atoms with Crippen molar-refractivity contribution in [2.24, 2.45) is 29.6 Å². The van der Waals surface area contributed by atoms with Crippen LogP contribution in [-0.2, 0) is 4.79 Å². The second-order valence-electron chi connectivity index (χ2n) is 7.64. The molecule has 4 rings (SSSR count). The van der Waals surface area contributed by atoms with E-state index >= 15 is 0 Å². The van der Waals surface area contributed by atoms with Crippen molar-refractivity contribution >= 4 is 5.97 Å². The summed E-state index contributed by atoms with van der Waals surface area (Å²) in [5, 5.41) is 12.9. The summed E-state index contributed by atoms with van der Waals surface area (Å²) in [6.45, 7) is 4.21. The quantitative estimate of drug-likeness (QED) is 0.803. The lowest BCUT2D eigenvalue weighted by Crippen LogP contribution is -2.58. The summed E-state index contributed by atoms with van der Waals surface area (Å²) in [4.78, 5) is 11.4. The number of carbonyl (C=O) groups is 1. The minimum absolute atomic E-state index is 0.345. The molecule has 3 nitrogen and oxygen atoms in total. The lowest BCUT2D eigenvalue weighted by atomic mass is 9.54. The van der Waals surface area contributed by atoms with Crippen LogP contribution in [-0.4, -0.2) is 23.2 Å². The SMILES string of the molecule is CC(C)CC(NC1C2CC3CC(C2)CC1C3)C(=O)O. The Hall–Kier alpha value is -0.570. The highest BCUT2D eigenvalue weighted by Gasteiger charge is 2.48. The molecular formula is C16H27NO2. The average Bonchev–Trinajstić information content (AvgIpc) is 2.30. The van der Waals surface area contributed by atoms with E-state index in [1.165, 1.54) is 32.1 Å². The first-order valence-electron chi connectivity index (χ1n) is 8.01. The Labute approximate surface area is 116 Å². The Morgan fingerprint density at radius 3 is 2.05 bits per heavy atom. The molecule has 0 aromatic carbocycles. The van der Waals surface area contributed by atoms with Gasteiger partial charge in [0.25, 0.3) is 0 Å². The van der Waals surface area contributed by atoms with E-state index < -0.39 is 5.97 Å². The van der Waals surface area contributed by atoms with Crippen LogP contribution in [0.4, 0.5) is 0 Å². The summed E-state index contributed by atoms with van der Waals surface area (Å²) in [5.74, 6) is 3.19. The highest BCUT2D eigenvalue weighted by Crippen LogP contribution is 2.53. The molecule has 1 atom stereocenters. The summed E-state index contributed by atoms with van der Waals surface area (Å²) in [7, 11) is 0. The van der Waals surface area contributed by atoms with Crippen LogP contribution in [0.15, 0.2) is 0 Å². The van der Waals surface area contributed by atoms with Crippen LogP contribution in [0.25, 0.3) is 0 Å². The number of nitrogens with one attached hydrogen (secondary N) is 1. The lowest BCUT2D eigenvalue weighted by Gasteiger charge is -2.55. The van der Waals surface area contributed by atoms with Gasteiger partial charge in [0.05, 0.1) is 0 Å². The van der Waals surface area contributed by atoms with Crippen LogP contribution < -0.4 is 5.32 Å². The van der Waals surface area contributed by atoms with Crippen molar-refractivity contribution in [2.75, 3.05) is 0 Å². The van der Waals surface area contributed by atoms with Gasteiger partial charge < -0.3 is 10.4 Å². The van der Waals surface area contributed by atoms with E-state index in [1.807, 2.05) is 0 Å². The Balaban J connectivity index is 1.67. The van der Waals surface area contributed by atoms with Gasteiger partial charge in [0.2, 0.25) is 0 Å². The molecule has 19 heavy (non-hydrogen) atoms. The molecule has 0 saturated heterocycles. The molecule has 108 valence electrons. The van der Waals surface area contributed by atoms with Gasteiger partial charge in [0, 0.05) is 6.04 Å². The molecule has 1 unspecified atom stereocenters. The van der Waals surface area contributed by atoms with Crippen LogP contribution >= 0.6 is 0 Å². The molecule has 0 amide bonds. The minimum atomic E-state index is -0.664. The predicted octanol–water partition coefficient (Wildman–Crippen LogP) is 2.90. The Morgan fingerprint density at radius 1 is 1.11 bits per heavy atom. The van der Waals surface area contributed by atoms with E-state index in [2.05, 4.69) is 19.2 Å². The van der Waals surface area contributed by atoms with Gasteiger partial charge in [-0.2, -0.15) is 0 Å². The third kappa shape index (κ3) is 2.67. The van der Waals surface area contributed by atoms with Crippen LogP contribution in [0.2, 0.25) is 0 Å². The Bertz CT molecular complexity index is 325. The van der Waals surface area contributed by atoms with E-state index in [4.69, 9.17) is 0 Å². The topological polar surface area (TPSA) is 49.3 Å². The standard InChI is InChI=1S/C16H27NO2/c1-9(2)3-14(16(18)19)17-15-12-5-10-4-11(7-12)8-13(15)6-10/h9-15,17H,3-8H2,1-2H3,(H,18,19). The van der Waals surface area contributed by atoms with Crippen LogP contribution in [0.1, 0.15) is 52.4 Å². The van der Waals surface area contributed by atoms with E-state index in [-0.39, 0.29) is 6.04 Å². The van der Waals surface area contributed by atoms with Gasteiger partial charge >= 0.3 is 5.97 Å². The van der Waals surface area contributed by atoms with Crippen LogP contribution in [0.5, 0.6) is 0 Å². The summed E-state index contributed by atoms with van der Waals surface area (Å²) < 4.78 is 0. The van der Waals surface area contributed by atoms with Gasteiger partial charge in [-0.3, -0.25) is 4.79 Å². The Kier molecular flexibility index (Phi) is 3.59. The molecule has 4 bridgehead atoms. The fourth-order valence-electron chi connectivity index (χ4n) is 5.14. The van der Waals surface area contributed by atoms with E-state index in [0.717, 1.165) is 30.1 Å². The van der Waals surface area contributed by atoms with E-state index in [1.54, 1.807) is 0 Å². The molecule has 3 heteroatoms. The first-order chi connectivity index (χ1) is 9.02. The zero-order valence-electron chi connectivity index (χ0n) is 12.1. The second-order valence-corrected chi connectivity index (χ2v) is 7.64. The summed E-state index contributed by atoms with van der Waals surface area (Å²) in [6, 6.07) is 0.134. The first kappa shape index (κ1) is 13.4. The molecule has 0 aliphatic heterocycles. The number of carboxylic acid groups (broad SMARTS) is 1. The van der Waals surface area contributed by atoms with Crippen molar-refractivity contribution in [3.63, 3.8) is 0 Å². The zero-order valence-corrected chi connectivity index (χ0v) is 12.1. The maximum absolute atomic E-state index is 11.4. The van der Waals surface area contributed by atoms with Crippen molar-refractivity contribution in [1.29, 1.82) is 0 Å². The maximum Gasteiger partial charge on any atom is 0.320 e. The smallest absolute Gasteiger partial charge is 0.320 e. The van der Waals surface area contributed by atoms with Crippen molar-refractivity contribution in [2.45, 2.75) is 64.5 Å². The zero-order chi connectivity index (χ0) is 13.6. The van der Waals surface area contributed by atoms with Gasteiger partial charge in [-0.25, -0.2) is 0 Å². The molecule has 4 aliphatic carbocycles. The van der Waals surface area contributed by atoms with Gasteiger partial charge in [-0.05, 0) is 68.1 Å². The highest BCUT2D eigenvalue weighted by molar-refractivity contribution is 5.73. The minimum Gasteiger partial charge on any atom is -0.480 e. The third-order valence-corrected chi connectivity index (χ3v) is 5.63. The number of hydrogen-bond donors (Lipinski definition) is 2. The van der Waals surface area contributed by atoms with Gasteiger partial charge in [0.1, 0.15) is 6.04 Å². The molecule has 4 saturated carbocycles. The van der Waals surface area contributed by atoms with Gasteiger partial charge in [0.15, 0.2) is 0 Å². The number of rotatable bonds is 5. The normalized spacial score (nSPS) is 41.7. The second kappa shape index (κ2) is 5.08. The largest absolute Gasteiger partial charge is 0.480 e. The Morgan fingerprint density at radius 2 is 1.63 bits per heavy atom. The summed E-state index contributed by atoms with van der Waals surface area (Å²) in [5.41, 5.74) is 0. The van der Waals surface area contributed by atoms with Crippen molar-refractivity contribution in [3.8, 4) is 0 Å². The van der Waals surface area contributed by atoms with Crippen molar-refractivity contribution in [1.82, 2.24) is 5.32 Å². The van der Waals surface area contributed by atoms with Crippen molar-refractivity contribution < 1.29 is 9.90 Å². The highest BCUT2D eigenvalue weighted by atomic mass is 16.4. The van der Waals surface area contributed by atoms with Gasteiger partial charge in [-0.15, -0.1) is 0 Å². The molecule has 0 heterocycles. The van der Waals surface area contributed by atoms with E-state index in [9.17, 15) is 9.90 Å². The summed E-state index contributed by atoms with van der Waals surface area (Å²) in [6.07, 6.45) is 7.58. The molecule has 4 fully saturated rings. The molecular weight excluding hydrogens is 238 g/mol. The number of carboxylic acids is 1. The first-order valence-corrected chi connectivity index (χ1v) is 8.01. The monoisotopic (exact) mass is 265 g/mol. The number of hydrogen-bond acceptors (Lipinski definition) is 2. The fraction of sp³-hybridized carbons (Fsp3) is 0.938. The van der Waals surface area contributed by atoms with Crippen LogP contribution in [0, 0.1) is 29.6 Å². The molecule has 0 aromatic heterocycles.